The van der Waals surface area contributed by atoms with Gasteiger partial charge in [-0.2, -0.15) is 0 Å². The number of anilines is 2. The highest BCUT2D eigenvalue weighted by Crippen LogP contribution is 2.24. The van der Waals surface area contributed by atoms with Gasteiger partial charge < -0.3 is 15.7 Å². The van der Waals surface area contributed by atoms with E-state index < -0.39 is 5.97 Å². The SMILES string of the molecule is CN(CCc1cccs1)c1ccc(C(=O)O)cc1N. The largest absolute Gasteiger partial charge is 0.478 e. The van der Waals surface area contributed by atoms with Crippen LogP contribution in [0.4, 0.5) is 11.4 Å². The number of likely N-dealkylation sites (N-methyl/N-ethyl adjacent to an activating group) is 1. The molecule has 1 heterocycles. The smallest absolute Gasteiger partial charge is 0.335 e. The number of carboxylic acid groups (broad SMARTS) is 1. The van der Waals surface area contributed by atoms with Gasteiger partial charge in [0.1, 0.15) is 0 Å². The minimum Gasteiger partial charge on any atom is -0.478 e. The lowest BCUT2D eigenvalue weighted by Crippen LogP contribution is -2.21. The van der Waals surface area contributed by atoms with E-state index in [1.165, 1.54) is 10.9 Å². The highest BCUT2D eigenvalue weighted by Gasteiger charge is 2.09. The second kappa shape index (κ2) is 5.75. The topological polar surface area (TPSA) is 66.6 Å². The minimum atomic E-state index is -0.959. The monoisotopic (exact) mass is 276 g/mol. The number of thiophene rings is 1. The molecule has 1 aromatic carbocycles. The van der Waals surface area contributed by atoms with E-state index in [2.05, 4.69) is 11.4 Å². The maximum atomic E-state index is 10.8. The Labute approximate surface area is 116 Å². The van der Waals surface area contributed by atoms with Gasteiger partial charge in [-0.15, -0.1) is 11.3 Å². The van der Waals surface area contributed by atoms with E-state index in [1.54, 1.807) is 23.5 Å². The fourth-order valence-electron chi connectivity index (χ4n) is 1.89. The molecule has 0 spiro atoms. The number of aromatic carboxylic acids is 1. The fourth-order valence-corrected chi connectivity index (χ4v) is 2.59. The van der Waals surface area contributed by atoms with Gasteiger partial charge in [0.05, 0.1) is 16.9 Å². The van der Waals surface area contributed by atoms with E-state index in [0.29, 0.717) is 5.69 Å². The molecule has 0 amide bonds. The fraction of sp³-hybridized carbons (Fsp3) is 0.214. The lowest BCUT2D eigenvalue weighted by molar-refractivity contribution is 0.0697. The average Bonchev–Trinajstić information content (AvgIpc) is 2.88. The van der Waals surface area contributed by atoms with E-state index in [1.807, 2.05) is 18.0 Å². The van der Waals surface area contributed by atoms with Crippen LogP contribution in [-0.4, -0.2) is 24.7 Å². The molecule has 0 saturated carbocycles. The lowest BCUT2D eigenvalue weighted by Gasteiger charge is -2.21. The molecule has 0 saturated heterocycles. The molecule has 0 aliphatic heterocycles. The molecule has 0 unspecified atom stereocenters. The Morgan fingerprint density at radius 3 is 2.79 bits per heavy atom. The Morgan fingerprint density at radius 1 is 1.42 bits per heavy atom. The quantitative estimate of drug-likeness (QED) is 0.824. The number of carboxylic acids is 1. The van der Waals surface area contributed by atoms with Crippen LogP contribution in [0.2, 0.25) is 0 Å². The number of nitrogen functional groups attached to an aromatic ring is 1. The van der Waals surface area contributed by atoms with Crippen molar-refractivity contribution in [3.05, 3.63) is 46.2 Å². The second-order valence-corrected chi connectivity index (χ2v) is 5.36. The summed E-state index contributed by atoms with van der Waals surface area (Å²) in [5.41, 5.74) is 7.48. The first-order valence-electron chi connectivity index (χ1n) is 5.94. The van der Waals surface area contributed by atoms with Gasteiger partial charge in [-0.3, -0.25) is 0 Å². The van der Waals surface area contributed by atoms with Crippen molar-refractivity contribution in [2.45, 2.75) is 6.42 Å². The van der Waals surface area contributed by atoms with Crippen molar-refractivity contribution in [1.82, 2.24) is 0 Å². The van der Waals surface area contributed by atoms with E-state index >= 15 is 0 Å². The van der Waals surface area contributed by atoms with Crippen LogP contribution in [0.15, 0.2) is 35.7 Å². The first kappa shape index (κ1) is 13.4. The predicted octanol–water partition coefficient (Wildman–Crippen LogP) is 2.71. The first-order chi connectivity index (χ1) is 9.08. The Kier molecular flexibility index (Phi) is 4.06. The average molecular weight is 276 g/mol. The number of nitrogens with zero attached hydrogens (tertiary/aromatic N) is 1. The van der Waals surface area contributed by atoms with Gasteiger partial charge in [0.2, 0.25) is 0 Å². The number of benzene rings is 1. The van der Waals surface area contributed by atoms with E-state index in [9.17, 15) is 4.79 Å². The molecular weight excluding hydrogens is 260 g/mol. The van der Waals surface area contributed by atoms with Gasteiger partial charge in [0.25, 0.3) is 0 Å². The summed E-state index contributed by atoms with van der Waals surface area (Å²) in [7, 11) is 1.96. The normalized spacial score (nSPS) is 10.4. The summed E-state index contributed by atoms with van der Waals surface area (Å²) in [6.45, 7) is 0.844. The van der Waals surface area contributed by atoms with Crippen LogP contribution in [0.3, 0.4) is 0 Å². The molecule has 0 fully saturated rings. The Morgan fingerprint density at radius 2 is 2.21 bits per heavy atom. The molecule has 0 aliphatic rings. The van der Waals surface area contributed by atoms with Crippen molar-refractivity contribution in [1.29, 1.82) is 0 Å². The molecule has 100 valence electrons. The Bertz CT molecular complexity index is 567. The third-order valence-electron chi connectivity index (χ3n) is 2.96. The van der Waals surface area contributed by atoms with Crippen LogP contribution in [0, 0.1) is 0 Å². The molecule has 2 aromatic rings. The molecule has 0 atom stereocenters. The number of nitrogens with two attached hydrogens (primary N) is 1. The molecule has 0 bridgehead atoms. The molecule has 4 nitrogen and oxygen atoms in total. The molecule has 0 aliphatic carbocycles. The minimum absolute atomic E-state index is 0.216. The van der Waals surface area contributed by atoms with Gasteiger partial charge in [-0.25, -0.2) is 4.79 Å². The highest BCUT2D eigenvalue weighted by atomic mass is 32.1. The van der Waals surface area contributed by atoms with Gasteiger partial charge in [-0.05, 0) is 36.1 Å². The number of carbonyl (C=O) groups is 1. The van der Waals surface area contributed by atoms with Gasteiger partial charge >= 0.3 is 5.97 Å². The summed E-state index contributed by atoms with van der Waals surface area (Å²) in [5, 5.41) is 11.0. The highest BCUT2D eigenvalue weighted by molar-refractivity contribution is 7.09. The maximum absolute atomic E-state index is 10.8. The maximum Gasteiger partial charge on any atom is 0.335 e. The van der Waals surface area contributed by atoms with Gasteiger partial charge in [0.15, 0.2) is 0 Å². The lowest BCUT2D eigenvalue weighted by atomic mass is 10.1. The molecule has 5 heteroatoms. The van der Waals surface area contributed by atoms with Crippen molar-refractivity contribution < 1.29 is 9.90 Å². The zero-order valence-electron chi connectivity index (χ0n) is 10.7. The van der Waals surface area contributed by atoms with Crippen LogP contribution in [-0.2, 0) is 6.42 Å². The summed E-state index contributed by atoms with van der Waals surface area (Å²) in [4.78, 5) is 14.2. The summed E-state index contributed by atoms with van der Waals surface area (Å²) < 4.78 is 0. The summed E-state index contributed by atoms with van der Waals surface area (Å²) in [6.07, 6.45) is 0.953. The third kappa shape index (κ3) is 3.26. The molecule has 1 aromatic heterocycles. The van der Waals surface area contributed by atoms with Crippen LogP contribution in [0.25, 0.3) is 0 Å². The van der Waals surface area contributed by atoms with Crippen LogP contribution in [0.5, 0.6) is 0 Å². The van der Waals surface area contributed by atoms with Crippen molar-refractivity contribution in [3.63, 3.8) is 0 Å². The van der Waals surface area contributed by atoms with Gasteiger partial charge in [-0.1, -0.05) is 6.07 Å². The van der Waals surface area contributed by atoms with E-state index in [4.69, 9.17) is 10.8 Å². The molecule has 0 radical (unpaired) electrons. The molecular formula is C14H16N2O2S. The molecule has 2 rings (SSSR count). The predicted molar refractivity (Wildman–Crippen MR) is 79.1 cm³/mol. The number of hydrogen-bond acceptors (Lipinski definition) is 4. The van der Waals surface area contributed by atoms with Crippen molar-refractivity contribution in [2.75, 3.05) is 24.2 Å². The van der Waals surface area contributed by atoms with Crippen molar-refractivity contribution in [3.8, 4) is 0 Å². The van der Waals surface area contributed by atoms with Crippen LogP contribution in [0.1, 0.15) is 15.2 Å². The summed E-state index contributed by atoms with van der Waals surface area (Å²) in [5.74, 6) is -0.959. The zero-order chi connectivity index (χ0) is 13.8. The Hall–Kier alpha value is -2.01. The van der Waals surface area contributed by atoms with Crippen LogP contribution >= 0.6 is 11.3 Å². The number of rotatable bonds is 5. The van der Waals surface area contributed by atoms with Crippen molar-refractivity contribution in [2.24, 2.45) is 0 Å². The second-order valence-electron chi connectivity index (χ2n) is 4.33. The number of hydrogen-bond donors (Lipinski definition) is 2. The molecule has 3 N–H and O–H groups in total. The van der Waals surface area contributed by atoms with Gasteiger partial charge in [0, 0.05) is 18.5 Å². The summed E-state index contributed by atoms with van der Waals surface area (Å²) >= 11 is 1.74. The first-order valence-corrected chi connectivity index (χ1v) is 6.82. The summed E-state index contributed by atoms with van der Waals surface area (Å²) in [6, 6.07) is 8.98. The van der Waals surface area contributed by atoms with E-state index in [0.717, 1.165) is 18.7 Å². The Balaban J connectivity index is 2.06. The molecule has 19 heavy (non-hydrogen) atoms. The van der Waals surface area contributed by atoms with E-state index in [-0.39, 0.29) is 5.56 Å². The zero-order valence-corrected chi connectivity index (χ0v) is 11.5. The van der Waals surface area contributed by atoms with Crippen LogP contribution < -0.4 is 10.6 Å². The standard InChI is InChI=1S/C14H16N2O2S/c1-16(7-6-11-3-2-8-19-11)13-5-4-10(14(17)18)9-12(13)15/h2-5,8-9H,6-7,15H2,1H3,(H,17,18). The third-order valence-corrected chi connectivity index (χ3v) is 3.90. The van der Waals surface area contributed by atoms with Crippen molar-refractivity contribution >= 4 is 28.7 Å².